The van der Waals surface area contributed by atoms with Crippen molar-refractivity contribution in [3.63, 3.8) is 0 Å². The number of ether oxygens (including phenoxy) is 3. The summed E-state index contributed by atoms with van der Waals surface area (Å²) < 4.78 is 16.5. The van der Waals surface area contributed by atoms with Crippen molar-refractivity contribution in [3.8, 4) is 0 Å². The predicted octanol–water partition coefficient (Wildman–Crippen LogP) is 1.15. The van der Waals surface area contributed by atoms with Crippen molar-refractivity contribution in [2.45, 2.75) is 39.1 Å². The molecule has 1 atom stereocenters. The molecule has 1 unspecified atom stereocenters. The first-order chi connectivity index (χ1) is 7.36. The molecule has 1 fully saturated rings. The minimum atomic E-state index is -0.207. The van der Waals surface area contributed by atoms with Gasteiger partial charge in [-0.25, -0.2) is 0 Å². The molecule has 0 aliphatic carbocycles. The van der Waals surface area contributed by atoms with Crippen molar-refractivity contribution in [3.05, 3.63) is 0 Å². The van der Waals surface area contributed by atoms with Crippen LogP contribution in [-0.4, -0.2) is 45.3 Å². The van der Waals surface area contributed by atoms with Gasteiger partial charge in [-0.05, 0) is 33.2 Å². The lowest BCUT2D eigenvalue weighted by atomic mass is 10.1. The molecule has 0 aromatic rings. The molecule has 1 rings (SSSR count). The molecule has 0 spiro atoms. The van der Waals surface area contributed by atoms with Crippen LogP contribution in [0.5, 0.6) is 0 Å². The molecule has 0 amide bonds. The summed E-state index contributed by atoms with van der Waals surface area (Å²) in [6.07, 6.45) is 2.44. The van der Waals surface area contributed by atoms with E-state index in [2.05, 4.69) is 5.32 Å². The first kappa shape index (κ1) is 12.9. The van der Waals surface area contributed by atoms with Gasteiger partial charge >= 0.3 is 0 Å². The van der Waals surface area contributed by atoms with Gasteiger partial charge in [-0.3, -0.25) is 0 Å². The van der Waals surface area contributed by atoms with Crippen LogP contribution in [0.2, 0.25) is 0 Å². The summed E-state index contributed by atoms with van der Waals surface area (Å²) in [6, 6.07) is 0. The van der Waals surface area contributed by atoms with Crippen molar-refractivity contribution < 1.29 is 14.2 Å². The van der Waals surface area contributed by atoms with Gasteiger partial charge in [0.1, 0.15) is 0 Å². The average Bonchev–Trinajstić information content (AvgIpc) is 2.28. The van der Waals surface area contributed by atoms with Crippen LogP contribution < -0.4 is 5.32 Å². The van der Waals surface area contributed by atoms with Gasteiger partial charge in [-0.1, -0.05) is 0 Å². The van der Waals surface area contributed by atoms with Gasteiger partial charge in [0.05, 0.1) is 12.7 Å². The topological polar surface area (TPSA) is 39.7 Å². The van der Waals surface area contributed by atoms with Gasteiger partial charge in [0.2, 0.25) is 0 Å². The zero-order valence-electron chi connectivity index (χ0n) is 9.83. The van der Waals surface area contributed by atoms with Gasteiger partial charge in [-0.2, -0.15) is 0 Å². The third-order valence-electron chi connectivity index (χ3n) is 2.42. The van der Waals surface area contributed by atoms with E-state index < -0.39 is 0 Å². The lowest BCUT2D eigenvalue weighted by Crippen LogP contribution is -2.37. The molecule has 1 aliphatic heterocycles. The van der Waals surface area contributed by atoms with Crippen LogP contribution in [-0.2, 0) is 14.2 Å². The SMILES string of the molecule is CCOC(COC1CCCNC1)OCC. The Morgan fingerprint density at radius 3 is 2.53 bits per heavy atom. The molecular weight excluding hydrogens is 194 g/mol. The molecule has 4 heteroatoms. The Labute approximate surface area is 92.3 Å². The molecule has 0 aromatic carbocycles. The Morgan fingerprint density at radius 2 is 2.00 bits per heavy atom. The summed E-state index contributed by atoms with van der Waals surface area (Å²) in [4.78, 5) is 0. The fourth-order valence-corrected chi connectivity index (χ4v) is 1.69. The number of rotatable bonds is 7. The van der Waals surface area contributed by atoms with Gasteiger partial charge in [0.15, 0.2) is 6.29 Å². The van der Waals surface area contributed by atoms with E-state index in [1.807, 2.05) is 13.8 Å². The first-order valence-electron chi connectivity index (χ1n) is 5.92. The molecule has 1 heterocycles. The van der Waals surface area contributed by atoms with Crippen molar-refractivity contribution in [1.82, 2.24) is 5.32 Å². The average molecular weight is 217 g/mol. The molecule has 0 aromatic heterocycles. The summed E-state index contributed by atoms with van der Waals surface area (Å²) in [5, 5.41) is 3.32. The van der Waals surface area contributed by atoms with Gasteiger partial charge in [-0.15, -0.1) is 0 Å². The standard InChI is InChI=1S/C11H23NO3/c1-3-13-11(14-4-2)9-15-10-6-5-7-12-8-10/h10-12H,3-9H2,1-2H3. The molecule has 90 valence electrons. The van der Waals surface area contributed by atoms with Crippen LogP contribution in [0.3, 0.4) is 0 Å². The summed E-state index contributed by atoms with van der Waals surface area (Å²) >= 11 is 0. The highest BCUT2D eigenvalue weighted by molar-refractivity contribution is 4.68. The Hall–Kier alpha value is -0.160. The normalized spacial score (nSPS) is 22.2. The van der Waals surface area contributed by atoms with E-state index in [0.717, 1.165) is 19.5 Å². The first-order valence-corrected chi connectivity index (χ1v) is 5.92. The molecule has 1 aliphatic rings. The predicted molar refractivity (Wildman–Crippen MR) is 58.9 cm³/mol. The smallest absolute Gasteiger partial charge is 0.180 e. The number of piperidine rings is 1. The van der Waals surface area contributed by atoms with Crippen LogP contribution in [0, 0.1) is 0 Å². The van der Waals surface area contributed by atoms with E-state index in [9.17, 15) is 0 Å². The Balaban J connectivity index is 2.13. The van der Waals surface area contributed by atoms with Crippen LogP contribution in [0.4, 0.5) is 0 Å². The highest BCUT2D eigenvalue weighted by Crippen LogP contribution is 2.07. The number of hydrogen-bond acceptors (Lipinski definition) is 4. The van der Waals surface area contributed by atoms with Crippen LogP contribution in [0.15, 0.2) is 0 Å². The minimum Gasteiger partial charge on any atom is -0.372 e. The molecule has 4 nitrogen and oxygen atoms in total. The molecule has 0 bridgehead atoms. The van der Waals surface area contributed by atoms with Gasteiger partial charge in [0, 0.05) is 19.8 Å². The third-order valence-corrected chi connectivity index (χ3v) is 2.42. The third kappa shape index (κ3) is 5.47. The lowest BCUT2D eigenvalue weighted by molar-refractivity contribution is -0.177. The summed E-state index contributed by atoms with van der Waals surface area (Å²) in [7, 11) is 0. The van der Waals surface area contributed by atoms with Crippen molar-refractivity contribution >= 4 is 0 Å². The summed E-state index contributed by atoms with van der Waals surface area (Å²) in [5.41, 5.74) is 0. The highest BCUT2D eigenvalue weighted by atomic mass is 16.7. The molecule has 15 heavy (non-hydrogen) atoms. The quantitative estimate of drug-likeness (QED) is 0.649. The van der Waals surface area contributed by atoms with E-state index in [-0.39, 0.29) is 6.29 Å². The zero-order valence-corrected chi connectivity index (χ0v) is 9.83. The molecular formula is C11H23NO3. The highest BCUT2D eigenvalue weighted by Gasteiger charge is 2.16. The molecule has 0 saturated carbocycles. The monoisotopic (exact) mass is 217 g/mol. The largest absolute Gasteiger partial charge is 0.372 e. The molecule has 1 N–H and O–H groups in total. The second-order valence-electron chi connectivity index (χ2n) is 3.64. The fourth-order valence-electron chi connectivity index (χ4n) is 1.69. The Morgan fingerprint density at radius 1 is 1.27 bits per heavy atom. The molecule has 1 saturated heterocycles. The van der Waals surface area contributed by atoms with Gasteiger partial charge < -0.3 is 19.5 Å². The van der Waals surface area contributed by atoms with E-state index in [1.54, 1.807) is 0 Å². The Kier molecular flexibility index (Phi) is 6.92. The van der Waals surface area contributed by atoms with E-state index in [0.29, 0.717) is 25.9 Å². The van der Waals surface area contributed by atoms with Gasteiger partial charge in [0.25, 0.3) is 0 Å². The lowest BCUT2D eigenvalue weighted by Gasteiger charge is -2.25. The maximum atomic E-state index is 5.74. The second kappa shape index (κ2) is 8.05. The summed E-state index contributed by atoms with van der Waals surface area (Å²) in [5.74, 6) is 0. The maximum absolute atomic E-state index is 5.74. The van der Waals surface area contributed by atoms with E-state index in [1.165, 1.54) is 6.42 Å². The van der Waals surface area contributed by atoms with E-state index in [4.69, 9.17) is 14.2 Å². The van der Waals surface area contributed by atoms with Crippen LogP contribution in [0.25, 0.3) is 0 Å². The van der Waals surface area contributed by atoms with E-state index >= 15 is 0 Å². The maximum Gasteiger partial charge on any atom is 0.180 e. The van der Waals surface area contributed by atoms with Crippen molar-refractivity contribution in [1.29, 1.82) is 0 Å². The second-order valence-corrected chi connectivity index (χ2v) is 3.64. The summed E-state index contributed by atoms with van der Waals surface area (Å²) in [6.45, 7) is 7.86. The number of nitrogens with one attached hydrogen (secondary N) is 1. The number of hydrogen-bond donors (Lipinski definition) is 1. The van der Waals surface area contributed by atoms with Crippen molar-refractivity contribution in [2.24, 2.45) is 0 Å². The Bertz CT molecular complexity index is 143. The zero-order chi connectivity index (χ0) is 10.9. The fraction of sp³-hybridized carbons (Fsp3) is 1.00. The van der Waals surface area contributed by atoms with Crippen molar-refractivity contribution in [2.75, 3.05) is 32.9 Å². The molecule has 0 radical (unpaired) electrons. The van der Waals surface area contributed by atoms with Crippen LogP contribution in [0.1, 0.15) is 26.7 Å². The minimum absolute atomic E-state index is 0.207. The van der Waals surface area contributed by atoms with Crippen LogP contribution >= 0.6 is 0 Å².